The Morgan fingerprint density at radius 2 is 0.374 bits per heavy atom. The molecule has 636 valence electrons. The smallest absolute Gasteiger partial charge is 0.462 e. The molecule has 0 rings (SSSR count). The summed E-state index contributed by atoms with van der Waals surface area (Å²) in [5, 5.41) is 10.7. The molecule has 5 atom stereocenters. The third-order valence-electron chi connectivity index (χ3n) is 20.9. The van der Waals surface area contributed by atoms with E-state index in [1.807, 2.05) is 0 Å². The maximum absolute atomic E-state index is 13.2. The van der Waals surface area contributed by atoms with Gasteiger partial charge in [-0.3, -0.25) is 37.3 Å². The molecule has 0 aromatic carbocycles. The Morgan fingerprint density at radius 3 is 0.551 bits per heavy atom. The van der Waals surface area contributed by atoms with Crippen molar-refractivity contribution in [2.75, 3.05) is 39.6 Å². The van der Waals surface area contributed by atoms with Gasteiger partial charge in [-0.2, -0.15) is 0 Å². The number of ether oxygens (including phenoxy) is 4. The van der Waals surface area contributed by atoms with Gasteiger partial charge in [-0.05, 0) is 25.7 Å². The highest BCUT2D eigenvalue weighted by Crippen LogP contribution is 2.45. The van der Waals surface area contributed by atoms with Crippen LogP contribution in [0.1, 0.15) is 484 Å². The summed E-state index contributed by atoms with van der Waals surface area (Å²) >= 11 is 0. The van der Waals surface area contributed by atoms with Gasteiger partial charge in [-0.1, -0.05) is 432 Å². The van der Waals surface area contributed by atoms with Gasteiger partial charge in [-0.15, -0.1) is 0 Å². The molecule has 0 aromatic heterocycles. The summed E-state index contributed by atoms with van der Waals surface area (Å²) in [6, 6.07) is 0. The number of esters is 4. The lowest BCUT2D eigenvalue weighted by Crippen LogP contribution is -2.30. The van der Waals surface area contributed by atoms with Crippen LogP contribution in [0.25, 0.3) is 0 Å². The van der Waals surface area contributed by atoms with E-state index >= 15 is 0 Å². The zero-order valence-corrected chi connectivity index (χ0v) is 71.9. The van der Waals surface area contributed by atoms with Crippen molar-refractivity contribution in [3.05, 3.63) is 0 Å². The van der Waals surface area contributed by atoms with Gasteiger partial charge in [0.05, 0.1) is 26.4 Å². The zero-order chi connectivity index (χ0) is 78.1. The molecule has 0 aliphatic rings. The molecule has 0 aliphatic carbocycles. The summed E-state index contributed by atoms with van der Waals surface area (Å²) in [5.41, 5.74) is 0. The first kappa shape index (κ1) is 105. The van der Waals surface area contributed by atoms with Crippen LogP contribution in [0.5, 0.6) is 0 Å². The fourth-order valence-electron chi connectivity index (χ4n) is 13.9. The predicted molar refractivity (Wildman–Crippen MR) is 442 cm³/mol. The topological polar surface area (TPSA) is 237 Å². The van der Waals surface area contributed by atoms with E-state index in [2.05, 4.69) is 27.7 Å². The minimum Gasteiger partial charge on any atom is -0.462 e. The summed E-state index contributed by atoms with van der Waals surface area (Å²) in [6.07, 6.45) is 77.7. The van der Waals surface area contributed by atoms with Crippen molar-refractivity contribution in [2.45, 2.75) is 502 Å². The molecule has 17 nitrogen and oxygen atoms in total. The third kappa shape index (κ3) is 81.9. The molecule has 0 saturated heterocycles. The molecule has 0 saturated carbocycles. The average molecular weight is 1560 g/mol. The van der Waals surface area contributed by atoms with Crippen LogP contribution in [0.15, 0.2) is 0 Å². The third-order valence-corrected chi connectivity index (χ3v) is 22.8. The number of unbranched alkanes of at least 4 members (excludes halogenated alkanes) is 63. The first-order chi connectivity index (χ1) is 52.2. The Kier molecular flexibility index (Phi) is 80.6. The number of phosphoric ester groups is 2. The van der Waals surface area contributed by atoms with Crippen LogP contribution in [0.2, 0.25) is 0 Å². The fourth-order valence-corrected chi connectivity index (χ4v) is 15.5. The van der Waals surface area contributed by atoms with Crippen molar-refractivity contribution >= 4 is 39.5 Å². The van der Waals surface area contributed by atoms with Crippen LogP contribution in [-0.2, 0) is 65.4 Å². The molecule has 3 N–H and O–H groups in total. The molecule has 0 aromatic rings. The van der Waals surface area contributed by atoms with E-state index in [9.17, 15) is 43.2 Å². The summed E-state index contributed by atoms with van der Waals surface area (Å²) in [5.74, 6) is -2.09. The van der Waals surface area contributed by atoms with Crippen LogP contribution < -0.4 is 0 Å². The minimum absolute atomic E-state index is 0.109. The van der Waals surface area contributed by atoms with Gasteiger partial charge in [0.25, 0.3) is 0 Å². The molecule has 0 heterocycles. The molecule has 0 bridgehead atoms. The summed E-state index contributed by atoms with van der Waals surface area (Å²) in [4.78, 5) is 73.3. The predicted octanol–water partition coefficient (Wildman–Crippen LogP) is 27.3. The first-order valence-corrected chi connectivity index (χ1v) is 48.8. The van der Waals surface area contributed by atoms with Gasteiger partial charge >= 0.3 is 39.5 Å². The number of hydrogen-bond donors (Lipinski definition) is 3. The number of carbonyl (C=O) groups excluding carboxylic acids is 4. The zero-order valence-electron chi connectivity index (χ0n) is 70.1. The number of phosphoric acid groups is 2. The second-order valence-electron chi connectivity index (χ2n) is 31.6. The lowest BCUT2D eigenvalue weighted by molar-refractivity contribution is -0.161. The summed E-state index contributed by atoms with van der Waals surface area (Å²) < 4.78 is 69.0. The lowest BCUT2D eigenvalue weighted by atomic mass is 10.0. The number of rotatable bonds is 89. The highest BCUT2D eigenvalue weighted by Gasteiger charge is 2.30. The van der Waals surface area contributed by atoms with Gasteiger partial charge < -0.3 is 33.8 Å². The number of hydrogen-bond acceptors (Lipinski definition) is 15. The molecule has 2 unspecified atom stereocenters. The molecular weight excluding hydrogens is 1390 g/mol. The number of aliphatic hydroxyl groups excluding tert-OH is 1. The Hall–Kier alpha value is -1.94. The van der Waals surface area contributed by atoms with Crippen molar-refractivity contribution in [1.29, 1.82) is 0 Å². The van der Waals surface area contributed by atoms with Gasteiger partial charge in [0.15, 0.2) is 12.2 Å². The van der Waals surface area contributed by atoms with E-state index in [1.165, 1.54) is 315 Å². The van der Waals surface area contributed by atoms with E-state index in [-0.39, 0.29) is 25.7 Å². The van der Waals surface area contributed by atoms with Crippen LogP contribution in [0.3, 0.4) is 0 Å². The minimum atomic E-state index is -4.97. The Bertz CT molecular complexity index is 2020. The van der Waals surface area contributed by atoms with Gasteiger partial charge in [0, 0.05) is 25.7 Å². The standard InChI is InChI=1S/C88H172O17P2/c1-5-9-13-17-21-25-29-33-36-38-40-41-42-44-47-51-55-59-63-67-71-75-88(93)105-84(79-99-86(91)73-69-65-61-57-53-49-46-43-39-37-34-30-26-22-18-14-10-6-2)81-103-107(96,97)101-77-82(89)76-100-106(94,95)102-80-83(78-98-85(90)72-68-64-60-56-52-48-32-28-24-20-16-12-8-4)104-87(92)74-70-66-62-58-54-50-45-35-31-27-23-19-15-11-7-3/h82-84,89H,5-81H2,1-4H3,(H,94,95)(H,96,97)/t82-,83+,84+/m0/s1. The number of aliphatic hydroxyl groups is 1. The van der Waals surface area contributed by atoms with Crippen molar-refractivity contribution in [2.24, 2.45) is 0 Å². The van der Waals surface area contributed by atoms with Gasteiger partial charge in [0.1, 0.15) is 19.3 Å². The molecule has 0 spiro atoms. The summed E-state index contributed by atoms with van der Waals surface area (Å²) in [7, 11) is -9.93. The van der Waals surface area contributed by atoms with Crippen molar-refractivity contribution in [3.8, 4) is 0 Å². The molecule has 19 heteroatoms. The second kappa shape index (κ2) is 82.1. The monoisotopic (exact) mass is 1560 g/mol. The average Bonchev–Trinajstić information content (AvgIpc) is 0.902. The van der Waals surface area contributed by atoms with E-state index in [0.29, 0.717) is 25.7 Å². The quantitative estimate of drug-likeness (QED) is 0.0222. The van der Waals surface area contributed by atoms with Gasteiger partial charge in [-0.25, -0.2) is 9.13 Å². The normalized spacial score (nSPS) is 13.7. The lowest BCUT2D eigenvalue weighted by Gasteiger charge is -2.21. The van der Waals surface area contributed by atoms with Crippen LogP contribution in [0, 0.1) is 0 Å². The molecule has 0 aliphatic heterocycles. The first-order valence-electron chi connectivity index (χ1n) is 45.8. The van der Waals surface area contributed by atoms with E-state index < -0.39 is 97.5 Å². The van der Waals surface area contributed by atoms with Gasteiger partial charge in [0.2, 0.25) is 0 Å². The molecule has 0 radical (unpaired) electrons. The van der Waals surface area contributed by atoms with Crippen LogP contribution >= 0.6 is 15.6 Å². The molecular formula is C88H172O17P2. The Balaban J connectivity index is 5.25. The maximum atomic E-state index is 13.2. The van der Waals surface area contributed by atoms with Crippen molar-refractivity contribution in [1.82, 2.24) is 0 Å². The highest BCUT2D eigenvalue weighted by molar-refractivity contribution is 7.47. The van der Waals surface area contributed by atoms with Crippen molar-refractivity contribution in [3.63, 3.8) is 0 Å². The van der Waals surface area contributed by atoms with E-state index in [1.54, 1.807) is 0 Å². The van der Waals surface area contributed by atoms with E-state index in [0.717, 1.165) is 89.9 Å². The second-order valence-corrected chi connectivity index (χ2v) is 34.5. The van der Waals surface area contributed by atoms with Crippen LogP contribution in [0.4, 0.5) is 0 Å². The molecule has 0 amide bonds. The Labute approximate surface area is 658 Å². The molecule has 107 heavy (non-hydrogen) atoms. The maximum Gasteiger partial charge on any atom is 0.472 e. The summed E-state index contributed by atoms with van der Waals surface area (Å²) in [6.45, 7) is 5.08. The van der Waals surface area contributed by atoms with Crippen LogP contribution in [-0.4, -0.2) is 96.7 Å². The largest absolute Gasteiger partial charge is 0.472 e. The highest BCUT2D eigenvalue weighted by atomic mass is 31.2. The van der Waals surface area contributed by atoms with Crippen molar-refractivity contribution < 1.29 is 80.2 Å². The number of carbonyl (C=O) groups is 4. The fraction of sp³-hybridized carbons (Fsp3) is 0.955. The molecule has 0 fully saturated rings. The van der Waals surface area contributed by atoms with E-state index in [4.69, 9.17) is 37.0 Å². The SMILES string of the molecule is CCCCCCCCCCCCCCCCCCCCCCCC(=O)O[C@H](COC(=O)CCCCCCCCCCCCCCCCCCCC)COP(=O)(O)OC[C@@H](O)COP(=O)(O)OC[C@@H](COC(=O)CCCCCCCCCCCCCCC)OC(=O)CCCCCCCCCCCCCCCCC. The Morgan fingerprint density at radius 1 is 0.224 bits per heavy atom.